The molecule has 1 amide bonds. The predicted molar refractivity (Wildman–Crippen MR) is 118 cm³/mol. The number of nitrogens with one attached hydrogen (secondary N) is 1. The highest BCUT2D eigenvalue weighted by Crippen LogP contribution is 2.21. The van der Waals surface area contributed by atoms with E-state index in [1.54, 1.807) is 29.2 Å². The summed E-state index contributed by atoms with van der Waals surface area (Å²) in [6, 6.07) is 17.2. The number of rotatable bonds is 7. The van der Waals surface area contributed by atoms with Crippen LogP contribution in [0.1, 0.15) is 26.4 Å². The summed E-state index contributed by atoms with van der Waals surface area (Å²) >= 11 is 7.30. The Bertz CT molecular complexity index is 1150. The van der Waals surface area contributed by atoms with Gasteiger partial charge in [-0.2, -0.15) is 0 Å². The number of thiophene rings is 1. The minimum atomic E-state index is -0.248. The first-order chi connectivity index (χ1) is 14.5. The van der Waals surface area contributed by atoms with Gasteiger partial charge < -0.3 is 4.74 Å². The minimum Gasteiger partial charge on any atom is -0.489 e. The van der Waals surface area contributed by atoms with Crippen molar-refractivity contribution >= 4 is 34.8 Å². The first-order valence-corrected chi connectivity index (χ1v) is 10.5. The lowest BCUT2D eigenvalue weighted by Crippen LogP contribution is -2.12. The molecule has 0 saturated carbocycles. The minimum absolute atomic E-state index is 0.248. The fourth-order valence-electron chi connectivity index (χ4n) is 2.77. The first kappa shape index (κ1) is 20.1. The van der Waals surface area contributed by atoms with Gasteiger partial charge in [0, 0.05) is 10.6 Å². The number of aryl methyl sites for hydroxylation is 1. The molecule has 2 aromatic carbocycles. The second kappa shape index (κ2) is 9.11. The van der Waals surface area contributed by atoms with Crippen molar-refractivity contribution < 1.29 is 9.53 Å². The van der Waals surface area contributed by atoms with E-state index in [-0.39, 0.29) is 11.9 Å². The summed E-state index contributed by atoms with van der Waals surface area (Å²) in [5, 5.41) is 9.57. The van der Waals surface area contributed by atoms with Gasteiger partial charge in [0.15, 0.2) is 0 Å². The molecule has 0 aliphatic rings. The molecule has 8 heteroatoms. The quantitative estimate of drug-likeness (QED) is 0.431. The predicted octanol–water partition coefficient (Wildman–Crippen LogP) is 5.18. The molecule has 1 N–H and O–H groups in total. The molecular formula is C22H19ClN4O2S. The summed E-state index contributed by atoms with van der Waals surface area (Å²) in [6.07, 6.45) is 1.61. The van der Waals surface area contributed by atoms with Gasteiger partial charge in [0.05, 0.1) is 11.4 Å². The monoisotopic (exact) mass is 438 g/mol. The lowest BCUT2D eigenvalue weighted by Gasteiger charge is -2.04. The van der Waals surface area contributed by atoms with Crippen LogP contribution in [-0.4, -0.2) is 20.7 Å². The molecule has 30 heavy (non-hydrogen) atoms. The van der Waals surface area contributed by atoms with Gasteiger partial charge >= 0.3 is 0 Å². The summed E-state index contributed by atoms with van der Waals surface area (Å²) < 4.78 is 7.41. The van der Waals surface area contributed by atoms with Crippen LogP contribution in [0.15, 0.2) is 66.3 Å². The summed E-state index contributed by atoms with van der Waals surface area (Å²) in [4.78, 5) is 17.2. The number of anilines is 1. The van der Waals surface area contributed by atoms with Crippen LogP contribution in [0.25, 0.3) is 0 Å². The summed E-state index contributed by atoms with van der Waals surface area (Å²) in [5.41, 5.74) is 3.23. The maximum absolute atomic E-state index is 12.5. The number of carbonyl (C=O) groups is 1. The Balaban J connectivity index is 1.33. The molecule has 0 atom stereocenters. The van der Waals surface area contributed by atoms with E-state index >= 15 is 0 Å². The summed E-state index contributed by atoms with van der Waals surface area (Å²) in [5.74, 6) is 0.711. The van der Waals surface area contributed by atoms with Crippen molar-refractivity contribution in [1.29, 1.82) is 0 Å². The maximum Gasteiger partial charge on any atom is 0.268 e. The number of amides is 1. The maximum atomic E-state index is 12.5. The highest BCUT2D eigenvalue weighted by molar-refractivity contribution is 7.12. The third-order valence-corrected chi connectivity index (χ3v) is 5.52. The second-order valence-corrected chi connectivity index (χ2v) is 8.12. The van der Waals surface area contributed by atoms with E-state index in [1.165, 1.54) is 16.9 Å². The Kier molecular flexibility index (Phi) is 6.11. The van der Waals surface area contributed by atoms with Gasteiger partial charge in [-0.1, -0.05) is 47.5 Å². The van der Waals surface area contributed by atoms with Crippen LogP contribution in [0.2, 0.25) is 5.02 Å². The molecule has 4 rings (SSSR count). The van der Waals surface area contributed by atoms with Crippen molar-refractivity contribution in [2.45, 2.75) is 20.1 Å². The molecule has 0 bridgehead atoms. The number of halogens is 1. The lowest BCUT2D eigenvalue weighted by atomic mass is 10.1. The number of hydrogen-bond acceptors (Lipinski definition) is 5. The van der Waals surface area contributed by atoms with Gasteiger partial charge in [-0.3, -0.25) is 10.1 Å². The van der Waals surface area contributed by atoms with Crippen molar-refractivity contribution in [3.63, 3.8) is 0 Å². The van der Waals surface area contributed by atoms with E-state index in [0.29, 0.717) is 28.8 Å². The molecule has 0 radical (unpaired) electrons. The molecule has 0 fully saturated rings. The van der Waals surface area contributed by atoms with Crippen LogP contribution in [0.5, 0.6) is 5.75 Å². The van der Waals surface area contributed by atoms with Gasteiger partial charge in [0.25, 0.3) is 5.91 Å². The molecule has 0 saturated heterocycles. The van der Waals surface area contributed by atoms with Gasteiger partial charge in [0.2, 0.25) is 5.95 Å². The van der Waals surface area contributed by atoms with Crippen LogP contribution in [0.4, 0.5) is 5.95 Å². The topological polar surface area (TPSA) is 69.0 Å². The van der Waals surface area contributed by atoms with E-state index in [9.17, 15) is 4.79 Å². The normalized spacial score (nSPS) is 10.7. The first-order valence-electron chi connectivity index (χ1n) is 9.27. The Labute approximate surface area is 183 Å². The average molecular weight is 439 g/mol. The Morgan fingerprint density at radius 2 is 2.00 bits per heavy atom. The largest absolute Gasteiger partial charge is 0.489 e. The fraction of sp³-hybridized carbons (Fsp3) is 0.136. The molecule has 6 nitrogen and oxygen atoms in total. The van der Waals surface area contributed by atoms with Gasteiger partial charge in [-0.15, -0.1) is 16.4 Å². The number of benzene rings is 2. The summed E-state index contributed by atoms with van der Waals surface area (Å²) in [7, 11) is 0. The van der Waals surface area contributed by atoms with Crippen molar-refractivity contribution in [3.8, 4) is 5.75 Å². The molecule has 2 heterocycles. The molecule has 0 unspecified atom stereocenters. The molecule has 0 aliphatic heterocycles. The van der Waals surface area contributed by atoms with Gasteiger partial charge in [-0.25, -0.2) is 9.67 Å². The second-order valence-electron chi connectivity index (χ2n) is 6.77. The molecule has 152 valence electrons. The molecule has 0 spiro atoms. The molecular weight excluding hydrogens is 420 g/mol. The third kappa shape index (κ3) is 5.25. The highest BCUT2D eigenvalue weighted by atomic mass is 35.5. The van der Waals surface area contributed by atoms with E-state index < -0.39 is 0 Å². The molecule has 2 aromatic heterocycles. The van der Waals surface area contributed by atoms with Crippen LogP contribution in [-0.2, 0) is 13.2 Å². The van der Waals surface area contributed by atoms with E-state index in [2.05, 4.69) is 27.5 Å². The SMILES string of the molecule is Cc1ccc(Cn2cnc(NC(=O)c3cc(COc4cccc(Cl)c4)cs3)n2)cc1. The van der Waals surface area contributed by atoms with E-state index in [4.69, 9.17) is 16.3 Å². The van der Waals surface area contributed by atoms with Crippen LogP contribution < -0.4 is 10.1 Å². The van der Waals surface area contributed by atoms with Crippen LogP contribution >= 0.6 is 22.9 Å². The van der Waals surface area contributed by atoms with Gasteiger partial charge in [0.1, 0.15) is 18.7 Å². The highest BCUT2D eigenvalue weighted by Gasteiger charge is 2.12. The van der Waals surface area contributed by atoms with Crippen molar-refractivity contribution in [1.82, 2.24) is 14.8 Å². The Hall–Kier alpha value is -3.16. The van der Waals surface area contributed by atoms with E-state index in [1.807, 2.05) is 36.6 Å². The zero-order valence-corrected chi connectivity index (χ0v) is 17.8. The zero-order valence-electron chi connectivity index (χ0n) is 16.2. The summed E-state index contributed by atoms with van der Waals surface area (Å²) in [6.45, 7) is 2.99. The number of carbonyl (C=O) groups excluding carboxylic acids is 1. The molecule has 0 aliphatic carbocycles. The zero-order chi connectivity index (χ0) is 20.9. The van der Waals surface area contributed by atoms with Crippen LogP contribution in [0, 0.1) is 6.92 Å². The Morgan fingerprint density at radius 1 is 1.17 bits per heavy atom. The van der Waals surface area contributed by atoms with Crippen LogP contribution in [0.3, 0.4) is 0 Å². The van der Waals surface area contributed by atoms with Crippen molar-refractivity contribution in [2.75, 3.05) is 5.32 Å². The number of hydrogen-bond donors (Lipinski definition) is 1. The van der Waals surface area contributed by atoms with Gasteiger partial charge in [-0.05, 0) is 42.1 Å². The number of aromatic nitrogens is 3. The smallest absolute Gasteiger partial charge is 0.268 e. The van der Waals surface area contributed by atoms with E-state index in [0.717, 1.165) is 11.1 Å². The Morgan fingerprint density at radius 3 is 2.80 bits per heavy atom. The average Bonchev–Trinajstić information content (AvgIpc) is 3.38. The van der Waals surface area contributed by atoms with Crippen molar-refractivity contribution in [2.24, 2.45) is 0 Å². The lowest BCUT2D eigenvalue weighted by molar-refractivity contribution is 0.102. The number of nitrogens with zero attached hydrogens (tertiary/aromatic N) is 3. The number of ether oxygens (including phenoxy) is 1. The molecule has 4 aromatic rings. The van der Waals surface area contributed by atoms with Crippen molar-refractivity contribution in [3.05, 3.63) is 92.9 Å². The fourth-order valence-corrected chi connectivity index (χ4v) is 3.74. The standard InChI is InChI=1S/C22H19ClN4O2S/c1-15-5-7-16(8-6-15)11-27-14-24-22(26-27)25-21(28)20-9-17(13-30-20)12-29-19-4-2-3-18(23)10-19/h2-10,13-14H,11-12H2,1H3,(H,25,26,28). The third-order valence-electron chi connectivity index (χ3n) is 4.31.